The summed E-state index contributed by atoms with van der Waals surface area (Å²) in [6, 6.07) is 6.51. The molecule has 16 heavy (non-hydrogen) atoms. The van der Waals surface area contributed by atoms with E-state index in [0.29, 0.717) is 20.6 Å². The van der Waals surface area contributed by atoms with Crippen molar-refractivity contribution < 1.29 is 4.79 Å². The molecular weight excluding hydrogens is 267 g/mol. The number of amides is 1. The van der Waals surface area contributed by atoms with Crippen LogP contribution in [0.2, 0.25) is 10.0 Å². The van der Waals surface area contributed by atoms with Gasteiger partial charge in [-0.1, -0.05) is 23.2 Å². The second-order valence-electron chi connectivity index (χ2n) is 2.99. The lowest BCUT2D eigenvalue weighted by Gasteiger charge is -2.04. The van der Waals surface area contributed by atoms with Crippen molar-refractivity contribution in [3.8, 4) is 0 Å². The number of carbonyl (C=O) groups is 1. The molecule has 0 aliphatic heterocycles. The second-order valence-corrected chi connectivity index (χ2v) is 4.70. The summed E-state index contributed by atoms with van der Waals surface area (Å²) >= 11 is 12.8. The van der Waals surface area contributed by atoms with Crippen molar-refractivity contribution in [2.45, 2.75) is 0 Å². The Kier molecular flexibility index (Phi) is 3.43. The first-order chi connectivity index (χ1) is 7.65. The van der Waals surface area contributed by atoms with Crippen LogP contribution in [-0.4, -0.2) is 10.3 Å². The van der Waals surface area contributed by atoms with Crippen molar-refractivity contribution in [2.24, 2.45) is 0 Å². The smallest absolute Gasteiger partial charge is 0.267 e. The van der Waals surface area contributed by atoms with Gasteiger partial charge >= 0.3 is 0 Å². The van der Waals surface area contributed by atoms with Gasteiger partial charge in [-0.2, -0.15) is 0 Å². The van der Waals surface area contributed by atoms with Crippen molar-refractivity contribution in [1.82, 2.24) is 4.37 Å². The SMILES string of the molecule is O=C(Nc1cc(Cl)cc(Cl)c1)c1ccns1. The maximum Gasteiger partial charge on any atom is 0.267 e. The lowest BCUT2D eigenvalue weighted by Crippen LogP contribution is -2.09. The Morgan fingerprint density at radius 1 is 1.25 bits per heavy atom. The van der Waals surface area contributed by atoms with E-state index in [2.05, 4.69) is 9.69 Å². The fourth-order valence-corrected chi connectivity index (χ4v) is 2.17. The van der Waals surface area contributed by atoms with Crippen LogP contribution in [0.15, 0.2) is 30.5 Å². The molecule has 1 aromatic heterocycles. The Bertz CT molecular complexity index is 493. The molecule has 3 nitrogen and oxygen atoms in total. The van der Waals surface area contributed by atoms with E-state index in [-0.39, 0.29) is 5.91 Å². The van der Waals surface area contributed by atoms with Gasteiger partial charge in [0, 0.05) is 21.9 Å². The van der Waals surface area contributed by atoms with Crippen LogP contribution in [0, 0.1) is 0 Å². The molecule has 0 bridgehead atoms. The van der Waals surface area contributed by atoms with E-state index in [1.165, 1.54) is 0 Å². The summed E-state index contributed by atoms with van der Waals surface area (Å²) in [5, 5.41) is 3.65. The van der Waals surface area contributed by atoms with Gasteiger partial charge in [-0.05, 0) is 35.8 Å². The van der Waals surface area contributed by atoms with E-state index in [1.807, 2.05) is 0 Å². The number of aromatic nitrogens is 1. The third-order valence-electron chi connectivity index (χ3n) is 1.78. The molecule has 0 unspecified atom stereocenters. The minimum atomic E-state index is -0.221. The predicted octanol–water partition coefficient (Wildman–Crippen LogP) is 3.70. The molecule has 1 aromatic carbocycles. The van der Waals surface area contributed by atoms with Crippen LogP contribution in [0.3, 0.4) is 0 Å². The number of carbonyl (C=O) groups excluding carboxylic acids is 1. The standard InChI is InChI=1S/C10H6Cl2N2OS/c11-6-3-7(12)5-8(4-6)14-10(15)9-1-2-13-16-9/h1-5H,(H,14,15). The lowest BCUT2D eigenvalue weighted by atomic mass is 10.3. The van der Waals surface area contributed by atoms with Crippen LogP contribution in [0.25, 0.3) is 0 Å². The van der Waals surface area contributed by atoms with Crippen molar-refractivity contribution in [3.63, 3.8) is 0 Å². The molecule has 2 aromatic rings. The maximum absolute atomic E-state index is 11.7. The second kappa shape index (κ2) is 4.82. The summed E-state index contributed by atoms with van der Waals surface area (Å²) in [7, 11) is 0. The summed E-state index contributed by atoms with van der Waals surface area (Å²) in [5.74, 6) is -0.221. The minimum absolute atomic E-state index is 0.221. The number of nitrogens with one attached hydrogen (secondary N) is 1. The Balaban J connectivity index is 2.18. The van der Waals surface area contributed by atoms with E-state index in [1.54, 1.807) is 30.5 Å². The molecule has 0 saturated carbocycles. The zero-order valence-corrected chi connectivity index (χ0v) is 10.2. The molecule has 1 N–H and O–H groups in total. The van der Waals surface area contributed by atoms with E-state index in [9.17, 15) is 4.79 Å². The predicted molar refractivity (Wildman–Crippen MR) is 66.5 cm³/mol. The lowest BCUT2D eigenvalue weighted by molar-refractivity contribution is 0.103. The molecule has 0 spiro atoms. The van der Waals surface area contributed by atoms with Gasteiger partial charge in [-0.15, -0.1) is 0 Å². The Hall–Kier alpha value is -1.10. The summed E-state index contributed by atoms with van der Waals surface area (Å²) in [6.45, 7) is 0. The molecule has 82 valence electrons. The van der Waals surface area contributed by atoms with E-state index in [4.69, 9.17) is 23.2 Å². The van der Waals surface area contributed by atoms with Gasteiger partial charge in [0.25, 0.3) is 5.91 Å². The average Bonchev–Trinajstić information content (AvgIpc) is 2.68. The van der Waals surface area contributed by atoms with Gasteiger partial charge in [-0.25, -0.2) is 4.37 Å². The first-order valence-corrected chi connectivity index (χ1v) is 5.86. The first-order valence-electron chi connectivity index (χ1n) is 4.33. The van der Waals surface area contributed by atoms with Crippen LogP contribution >= 0.6 is 34.7 Å². The van der Waals surface area contributed by atoms with Crippen LogP contribution in [-0.2, 0) is 0 Å². The minimum Gasteiger partial charge on any atom is -0.321 e. The van der Waals surface area contributed by atoms with E-state index >= 15 is 0 Å². The maximum atomic E-state index is 11.7. The third-order valence-corrected chi connectivity index (χ3v) is 2.96. The molecular formula is C10H6Cl2N2OS. The molecule has 0 atom stereocenters. The first kappa shape index (κ1) is 11.4. The summed E-state index contributed by atoms with van der Waals surface area (Å²) in [5.41, 5.74) is 0.566. The number of anilines is 1. The van der Waals surface area contributed by atoms with Crippen LogP contribution in [0.4, 0.5) is 5.69 Å². The average molecular weight is 273 g/mol. The van der Waals surface area contributed by atoms with Gasteiger partial charge in [0.1, 0.15) is 4.88 Å². The van der Waals surface area contributed by atoms with Gasteiger partial charge in [0.05, 0.1) is 0 Å². The zero-order chi connectivity index (χ0) is 11.5. The van der Waals surface area contributed by atoms with Gasteiger partial charge in [0.2, 0.25) is 0 Å². The Morgan fingerprint density at radius 2 is 1.94 bits per heavy atom. The highest BCUT2D eigenvalue weighted by atomic mass is 35.5. The topological polar surface area (TPSA) is 42.0 Å². The number of nitrogens with zero attached hydrogens (tertiary/aromatic N) is 1. The normalized spacial score (nSPS) is 10.1. The number of halogens is 2. The number of hydrogen-bond acceptors (Lipinski definition) is 3. The molecule has 1 heterocycles. The van der Waals surface area contributed by atoms with E-state index < -0.39 is 0 Å². The van der Waals surface area contributed by atoms with Crippen LogP contribution in [0.1, 0.15) is 9.67 Å². The van der Waals surface area contributed by atoms with Crippen molar-refractivity contribution >= 4 is 46.3 Å². The van der Waals surface area contributed by atoms with Gasteiger partial charge in [0.15, 0.2) is 0 Å². The summed E-state index contributed by atoms with van der Waals surface area (Å²) < 4.78 is 3.85. The fraction of sp³-hybridized carbons (Fsp3) is 0. The van der Waals surface area contributed by atoms with Crippen molar-refractivity contribution in [1.29, 1.82) is 0 Å². The van der Waals surface area contributed by atoms with Gasteiger partial charge in [-0.3, -0.25) is 4.79 Å². The number of rotatable bonds is 2. The highest BCUT2D eigenvalue weighted by Crippen LogP contribution is 2.23. The quantitative estimate of drug-likeness (QED) is 0.906. The molecule has 0 saturated heterocycles. The monoisotopic (exact) mass is 272 g/mol. The van der Waals surface area contributed by atoms with Crippen LogP contribution < -0.4 is 5.32 Å². The molecule has 1 amide bonds. The van der Waals surface area contributed by atoms with Crippen LogP contribution in [0.5, 0.6) is 0 Å². The van der Waals surface area contributed by atoms with Gasteiger partial charge < -0.3 is 5.32 Å². The third kappa shape index (κ3) is 2.72. The molecule has 0 radical (unpaired) electrons. The molecule has 0 aliphatic carbocycles. The largest absolute Gasteiger partial charge is 0.321 e. The summed E-state index contributed by atoms with van der Waals surface area (Å²) in [6.07, 6.45) is 1.57. The molecule has 0 fully saturated rings. The highest BCUT2D eigenvalue weighted by Gasteiger charge is 2.08. The van der Waals surface area contributed by atoms with Crippen molar-refractivity contribution in [2.75, 3.05) is 5.32 Å². The Labute approximate surface area is 106 Å². The Morgan fingerprint density at radius 3 is 2.50 bits per heavy atom. The van der Waals surface area contributed by atoms with E-state index in [0.717, 1.165) is 11.5 Å². The zero-order valence-electron chi connectivity index (χ0n) is 7.91. The molecule has 6 heteroatoms. The molecule has 0 aliphatic rings. The highest BCUT2D eigenvalue weighted by molar-refractivity contribution is 7.08. The fourth-order valence-electron chi connectivity index (χ4n) is 1.15. The molecule has 2 rings (SSSR count). The summed E-state index contributed by atoms with van der Waals surface area (Å²) in [4.78, 5) is 12.2. The number of hydrogen-bond donors (Lipinski definition) is 1. The van der Waals surface area contributed by atoms with Crippen molar-refractivity contribution in [3.05, 3.63) is 45.4 Å². The number of benzene rings is 1.